The van der Waals surface area contributed by atoms with E-state index in [1.165, 1.54) is 0 Å². The van der Waals surface area contributed by atoms with Crippen LogP contribution in [0.4, 0.5) is 4.79 Å². The van der Waals surface area contributed by atoms with Crippen LogP contribution in [0.15, 0.2) is 36.7 Å². The Balaban J connectivity index is 1.65. The summed E-state index contributed by atoms with van der Waals surface area (Å²) in [4.78, 5) is 26.0. The van der Waals surface area contributed by atoms with Gasteiger partial charge in [-0.25, -0.2) is 9.48 Å². The number of hydrogen-bond acceptors (Lipinski definition) is 4. The van der Waals surface area contributed by atoms with Gasteiger partial charge in [0.2, 0.25) is 5.91 Å². The molecule has 8 nitrogen and oxygen atoms in total. The summed E-state index contributed by atoms with van der Waals surface area (Å²) >= 11 is 0. The number of benzene rings is 1. The quantitative estimate of drug-likeness (QED) is 0.878. The molecular formula is C17H22N6O2. The molecule has 0 radical (unpaired) electrons. The van der Waals surface area contributed by atoms with Crippen molar-refractivity contribution in [2.24, 2.45) is 0 Å². The topological polar surface area (TPSA) is 92.2 Å². The Morgan fingerprint density at radius 1 is 1.36 bits per heavy atom. The zero-order valence-corrected chi connectivity index (χ0v) is 14.3. The highest BCUT2D eigenvalue weighted by Gasteiger charge is 2.28. The molecule has 2 heterocycles. The summed E-state index contributed by atoms with van der Waals surface area (Å²) in [7, 11) is 0. The molecule has 2 atom stereocenters. The number of urea groups is 1. The van der Waals surface area contributed by atoms with Crippen LogP contribution in [-0.4, -0.2) is 51.0 Å². The van der Waals surface area contributed by atoms with E-state index in [1.54, 1.807) is 28.9 Å². The van der Waals surface area contributed by atoms with Crippen LogP contribution in [0.25, 0.3) is 5.69 Å². The molecule has 1 aromatic carbocycles. The number of nitrogens with one attached hydrogen (secondary N) is 2. The number of nitrogens with zero attached hydrogens (tertiary/aromatic N) is 4. The molecule has 3 amide bonds. The summed E-state index contributed by atoms with van der Waals surface area (Å²) in [6.07, 6.45) is 4.14. The number of aromatic nitrogens is 3. The molecule has 2 aromatic rings. The number of rotatable bonds is 3. The first-order valence-corrected chi connectivity index (χ1v) is 8.38. The average Bonchev–Trinajstić information content (AvgIpc) is 3.10. The smallest absolute Gasteiger partial charge is 0.318 e. The normalized spacial score (nSPS) is 19.0. The predicted molar refractivity (Wildman–Crippen MR) is 92.1 cm³/mol. The monoisotopic (exact) mass is 342 g/mol. The van der Waals surface area contributed by atoms with Crippen LogP contribution in [0.1, 0.15) is 31.9 Å². The summed E-state index contributed by atoms with van der Waals surface area (Å²) < 4.78 is 1.67. The Morgan fingerprint density at radius 2 is 2.12 bits per heavy atom. The Morgan fingerprint density at radius 3 is 2.80 bits per heavy atom. The number of carbonyl (C=O) groups excluding carboxylic acids is 2. The van der Waals surface area contributed by atoms with Gasteiger partial charge >= 0.3 is 6.03 Å². The maximum atomic E-state index is 12.6. The van der Waals surface area contributed by atoms with Gasteiger partial charge in [0.05, 0.1) is 24.1 Å². The summed E-state index contributed by atoms with van der Waals surface area (Å²) in [5.41, 5.74) is 1.88. The first-order valence-electron chi connectivity index (χ1n) is 8.38. The van der Waals surface area contributed by atoms with Crippen LogP contribution >= 0.6 is 0 Å². The van der Waals surface area contributed by atoms with Crippen molar-refractivity contribution in [2.75, 3.05) is 13.1 Å². The van der Waals surface area contributed by atoms with E-state index in [9.17, 15) is 9.59 Å². The van der Waals surface area contributed by atoms with Gasteiger partial charge in [-0.3, -0.25) is 4.79 Å². The average molecular weight is 342 g/mol. The van der Waals surface area contributed by atoms with E-state index in [4.69, 9.17) is 0 Å². The lowest BCUT2D eigenvalue weighted by Gasteiger charge is -2.27. The van der Waals surface area contributed by atoms with Crippen LogP contribution < -0.4 is 10.6 Å². The van der Waals surface area contributed by atoms with Crippen LogP contribution in [-0.2, 0) is 4.79 Å². The van der Waals surface area contributed by atoms with Gasteiger partial charge in [-0.2, -0.15) is 0 Å². The minimum Gasteiger partial charge on any atom is -0.354 e. The van der Waals surface area contributed by atoms with Gasteiger partial charge < -0.3 is 15.5 Å². The second-order valence-electron chi connectivity index (χ2n) is 6.12. The van der Waals surface area contributed by atoms with E-state index in [1.807, 2.05) is 31.2 Å². The minimum atomic E-state index is -0.468. The van der Waals surface area contributed by atoms with Gasteiger partial charge in [0.25, 0.3) is 0 Å². The van der Waals surface area contributed by atoms with Crippen molar-refractivity contribution in [3.05, 3.63) is 42.2 Å². The largest absolute Gasteiger partial charge is 0.354 e. The fraction of sp³-hybridized carbons (Fsp3) is 0.412. The van der Waals surface area contributed by atoms with Crippen LogP contribution in [0, 0.1) is 0 Å². The molecule has 25 heavy (non-hydrogen) atoms. The standard InChI is InChI=1S/C17H22N6O2/c1-12(14-4-6-15(7-5-14)23-11-9-19-21-23)20-17(25)22-10-3-8-18-16(24)13(22)2/h4-7,9,11-13H,3,8,10H2,1-2H3,(H,18,24)(H,20,25)/t12-,13-/m1/s1. The fourth-order valence-electron chi connectivity index (χ4n) is 2.83. The molecule has 0 aliphatic carbocycles. The zero-order valence-electron chi connectivity index (χ0n) is 14.3. The molecule has 1 aliphatic heterocycles. The molecule has 2 N–H and O–H groups in total. The zero-order chi connectivity index (χ0) is 17.8. The third kappa shape index (κ3) is 3.78. The molecule has 3 rings (SSSR count). The Bertz CT molecular complexity index is 728. The van der Waals surface area contributed by atoms with Gasteiger partial charge in [0, 0.05) is 13.1 Å². The number of amides is 3. The van der Waals surface area contributed by atoms with Crippen LogP contribution in [0.5, 0.6) is 0 Å². The third-order valence-corrected chi connectivity index (χ3v) is 4.40. The maximum Gasteiger partial charge on any atom is 0.318 e. The van der Waals surface area contributed by atoms with E-state index in [-0.39, 0.29) is 18.0 Å². The molecule has 0 spiro atoms. The highest BCUT2D eigenvalue weighted by Crippen LogP contribution is 2.16. The molecule has 1 fully saturated rings. The molecule has 0 bridgehead atoms. The predicted octanol–water partition coefficient (Wildman–Crippen LogP) is 1.25. The van der Waals surface area contributed by atoms with Crippen LogP contribution in [0.2, 0.25) is 0 Å². The van der Waals surface area contributed by atoms with Crippen molar-refractivity contribution in [2.45, 2.75) is 32.4 Å². The summed E-state index contributed by atoms with van der Waals surface area (Å²) in [6.45, 7) is 4.83. The Kier molecular flexibility index (Phi) is 4.97. The van der Waals surface area contributed by atoms with E-state index in [0.717, 1.165) is 17.7 Å². The molecule has 1 aliphatic rings. The van der Waals surface area contributed by atoms with Gasteiger partial charge in [0.1, 0.15) is 6.04 Å². The van der Waals surface area contributed by atoms with E-state index >= 15 is 0 Å². The molecular weight excluding hydrogens is 320 g/mol. The van der Waals surface area contributed by atoms with E-state index < -0.39 is 6.04 Å². The van der Waals surface area contributed by atoms with E-state index in [2.05, 4.69) is 20.9 Å². The highest BCUT2D eigenvalue weighted by molar-refractivity contribution is 5.87. The minimum absolute atomic E-state index is 0.113. The van der Waals surface area contributed by atoms with Crippen molar-refractivity contribution < 1.29 is 9.59 Å². The SMILES string of the molecule is C[C@@H]1C(=O)NCCCN1C(=O)N[C@H](C)c1ccc(-n2ccnn2)cc1. The first kappa shape index (κ1) is 16.9. The van der Waals surface area contributed by atoms with Crippen molar-refractivity contribution in [3.8, 4) is 5.69 Å². The summed E-state index contributed by atoms with van der Waals surface area (Å²) in [6, 6.07) is 6.88. The lowest BCUT2D eigenvalue weighted by Crippen LogP contribution is -2.49. The lowest BCUT2D eigenvalue weighted by atomic mass is 10.1. The number of hydrogen-bond donors (Lipinski definition) is 2. The molecule has 1 saturated heterocycles. The fourth-order valence-corrected chi connectivity index (χ4v) is 2.83. The Hall–Kier alpha value is -2.90. The molecule has 1 aromatic heterocycles. The highest BCUT2D eigenvalue weighted by atomic mass is 16.2. The van der Waals surface area contributed by atoms with Crippen molar-refractivity contribution >= 4 is 11.9 Å². The van der Waals surface area contributed by atoms with Crippen molar-refractivity contribution in [3.63, 3.8) is 0 Å². The summed E-state index contributed by atoms with van der Waals surface area (Å²) in [5, 5.41) is 13.5. The van der Waals surface area contributed by atoms with Gasteiger partial charge in [-0.1, -0.05) is 17.3 Å². The second-order valence-corrected chi connectivity index (χ2v) is 6.12. The van der Waals surface area contributed by atoms with Crippen molar-refractivity contribution in [1.29, 1.82) is 0 Å². The van der Waals surface area contributed by atoms with Crippen LogP contribution in [0.3, 0.4) is 0 Å². The number of carbonyl (C=O) groups is 2. The third-order valence-electron chi connectivity index (χ3n) is 4.40. The van der Waals surface area contributed by atoms with Gasteiger partial charge in [-0.15, -0.1) is 5.10 Å². The first-order chi connectivity index (χ1) is 12.1. The second kappa shape index (κ2) is 7.33. The molecule has 8 heteroatoms. The van der Waals surface area contributed by atoms with Gasteiger partial charge in [0.15, 0.2) is 0 Å². The van der Waals surface area contributed by atoms with Crippen molar-refractivity contribution in [1.82, 2.24) is 30.5 Å². The molecule has 0 unspecified atom stereocenters. The van der Waals surface area contributed by atoms with Gasteiger partial charge in [-0.05, 0) is 38.0 Å². The maximum absolute atomic E-state index is 12.6. The summed E-state index contributed by atoms with van der Waals surface area (Å²) in [5.74, 6) is -0.113. The molecule has 132 valence electrons. The Labute approximate surface area is 146 Å². The lowest BCUT2D eigenvalue weighted by molar-refractivity contribution is -0.124. The molecule has 0 saturated carbocycles. The van der Waals surface area contributed by atoms with E-state index in [0.29, 0.717) is 13.1 Å².